The minimum absolute atomic E-state index is 0.0192. The molecule has 0 amide bonds. The zero-order chi connectivity index (χ0) is 12.8. The second-order valence-electron chi connectivity index (χ2n) is 4.56. The Hall–Kier alpha value is -0.640. The molecule has 0 fully saturated rings. The molecule has 0 saturated carbocycles. The first-order valence-corrected chi connectivity index (χ1v) is 6.84. The molecule has 0 aliphatic heterocycles. The number of hydrogen-bond acceptors (Lipinski definition) is 4. The molecule has 0 rings (SSSR count). The van der Waals surface area contributed by atoms with Crippen LogP contribution in [-0.2, 0) is 14.8 Å². The van der Waals surface area contributed by atoms with Crippen LogP contribution in [0.25, 0.3) is 0 Å². The summed E-state index contributed by atoms with van der Waals surface area (Å²) in [6.07, 6.45) is 0.0192. The van der Waals surface area contributed by atoms with Gasteiger partial charge in [-0.3, -0.25) is 0 Å². The molecule has 0 aliphatic rings. The smallest absolute Gasteiger partial charge is 0.213 e. The molecular formula is C10H20N2O3S. The zero-order valence-electron chi connectivity index (χ0n) is 10.3. The average molecular weight is 248 g/mol. The van der Waals surface area contributed by atoms with E-state index in [1.807, 2.05) is 19.9 Å². The van der Waals surface area contributed by atoms with Crippen molar-refractivity contribution in [2.75, 3.05) is 18.9 Å². The lowest BCUT2D eigenvalue weighted by Crippen LogP contribution is -2.35. The molecule has 0 atom stereocenters. The fraction of sp³-hybridized carbons (Fsp3) is 0.900. The summed E-state index contributed by atoms with van der Waals surface area (Å²) in [5, 5.41) is 8.73. The van der Waals surface area contributed by atoms with Crippen molar-refractivity contribution in [2.45, 2.75) is 33.8 Å². The van der Waals surface area contributed by atoms with Crippen LogP contribution in [-0.4, -0.2) is 33.4 Å². The topological polar surface area (TPSA) is 79.2 Å². The van der Waals surface area contributed by atoms with Gasteiger partial charge in [-0.1, -0.05) is 0 Å². The molecule has 0 radical (unpaired) electrons. The lowest BCUT2D eigenvalue weighted by atomic mass is 9.97. The van der Waals surface area contributed by atoms with Crippen molar-refractivity contribution in [2.24, 2.45) is 5.41 Å². The van der Waals surface area contributed by atoms with Gasteiger partial charge in [0.1, 0.15) is 0 Å². The Bertz CT molecular complexity index is 342. The summed E-state index contributed by atoms with van der Waals surface area (Å²) in [7, 11) is -3.35. The highest BCUT2D eigenvalue weighted by atomic mass is 32.2. The molecule has 94 valence electrons. The SMILES string of the molecule is CC(C)OCCS(=O)(=O)NCC(C)(C)C#N. The molecule has 0 aromatic heterocycles. The molecular weight excluding hydrogens is 228 g/mol. The summed E-state index contributed by atoms with van der Waals surface area (Å²) in [4.78, 5) is 0. The molecule has 0 aromatic rings. The van der Waals surface area contributed by atoms with Crippen LogP contribution in [0, 0.1) is 16.7 Å². The molecule has 0 bridgehead atoms. The summed E-state index contributed by atoms with van der Waals surface area (Å²) in [6, 6.07) is 2.03. The van der Waals surface area contributed by atoms with E-state index in [1.165, 1.54) is 0 Å². The van der Waals surface area contributed by atoms with Crippen molar-refractivity contribution in [1.82, 2.24) is 4.72 Å². The van der Waals surface area contributed by atoms with Gasteiger partial charge >= 0.3 is 0 Å². The number of rotatable bonds is 7. The van der Waals surface area contributed by atoms with Crippen LogP contribution in [0.4, 0.5) is 0 Å². The third kappa shape index (κ3) is 7.63. The van der Waals surface area contributed by atoms with Crippen molar-refractivity contribution in [3.63, 3.8) is 0 Å². The van der Waals surface area contributed by atoms with Crippen molar-refractivity contribution in [1.29, 1.82) is 5.26 Å². The normalized spacial score (nSPS) is 12.8. The number of nitrogens with zero attached hydrogens (tertiary/aromatic N) is 1. The second-order valence-corrected chi connectivity index (χ2v) is 6.48. The standard InChI is InChI=1S/C10H20N2O3S/c1-9(2)15-5-6-16(13,14)12-8-10(3,4)7-11/h9,12H,5-6,8H2,1-4H3. The summed E-state index contributed by atoms with van der Waals surface area (Å²) >= 11 is 0. The maximum absolute atomic E-state index is 11.5. The summed E-state index contributed by atoms with van der Waals surface area (Å²) in [5.41, 5.74) is -0.689. The molecule has 0 spiro atoms. The first kappa shape index (κ1) is 15.4. The Morgan fingerprint density at radius 3 is 2.44 bits per heavy atom. The van der Waals surface area contributed by atoms with Gasteiger partial charge < -0.3 is 4.74 Å². The van der Waals surface area contributed by atoms with Crippen molar-refractivity contribution in [3.8, 4) is 6.07 Å². The van der Waals surface area contributed by atoms with Gasteiger partial charge in [-0.25, -0.2) is 13.1 Å². The van der Waals surface area contributed by atoms with Crippen LogP contribution in [0.2, 0.25) is 0 Å². The van der Waals surface area contributed by atoms with Gasteiger partial charge in [-0.15, -0.1) is 0 Å². The molecule has 0 saturated heterocycles. The maximum atomic E-state index is 11.5. The Morgan fingerprint density at radius 2 is 2.00 bits per heavy atom. The Morgan fingerprint density at radius 1 is 1.44 bits per heavy atom. The van der Waals surface area contributed by atoms with Crippen LogP contribution >= 0.6 is 0 Å². The van der Waals surface area contributed by atoms with Gasteiger partial charge in [0.2, 0.25) is 10.0 Å². The van der Waals surface area contributed by atoms with Crippen LogP contribution in [0.15, 0.2) is 0 Å². The molecule has 0 aromatic carbocycles. The van der Waals surface area contributed by atoms with Gasteiger partial charge in [-0.2, -0.15) is 5.26 Å². The Kier molecular flexibility index (Phi) is 5.94. The molecule has 5 nitrogen and oxygen atoms in total. The van der Waals surface area contributed by atoms with E-state index in [0.29, 0.717) is 0 Å². The molecule has 6 heteroatoms. The predicted molar refractivity (Wildman–Crippen MR) is 62.3 cm³/mol. The van der Waals surface area contributed by atoms with Crippen LogP contribution in [0.5, 0.6) is 0 Å². The monoisotopic (exact) mass is 248 g/mol. The van der Waals surface area contributed by atoms with Gasteiger partial charge in [0.15, 0.2) is 0 Å². The fourth-order valence-corrected chi connectivity index (χ4v) is 1.84. The van der Waals surface area contributed by atoms with Crippen molar-refractivity contribution < 1.29 is 13.2 Å². The van der Waals surface area contributed by atoms with Crippen molar-refractivity contribution >= 4 is 10.0 Å². The van der Waals surface area contributed by atoms with E-state index < -0.39 is 15.4 Å². The fourth-order valence-electron chi connectivity index (χ4n) is 0.796. The molecule has 0 aliphatic carbocycles. The van der Waals surface area contributed by atoms with Gasteiger partial charge in [0.25, 0.3) is 0 Å². The third-order valence-corrected chi connectivity index (χ3v) is 3.13. The third-order valence-electron chi connectivity index (χ3n) is 1.84. The highest BCUT2D eigenvalue weighted by molar-refractivity contribution is 7.89. The second kappa shape index (κ2) is 6.18. The maximum Gasteiger partial charge on any atom is 0.213 e. The molecule has 16 heavy (non-hydrogen) atoms. The largest absolute Gasteiger partial charge is 0.378 e. The number of nitrogens with one attached hydrogen (secondary N) is 1. The minimum atomic E-state index is -3.35. The first-order chi connectivity index (χ1) is 7.18. The van der Waals surface area contributed by atoms with Crippen LogP contribution in [0.1, 0.15) is 27.7 Å². The van der Waals surface area contributed by atoms with E-state index in [-0.39, 0.29) is 25.0 Å². The van der Waals surface area contributed by atoms with E-state index in [1.54, 1.807) is 13.8 Å². The van der Waals surface area contributed by atoms with Gasteiger partial charge in [0, 0.05) is 6.54 Å². The summed E-state index contributed by atoms with van der Waals surface area (Å²) in [5.74, 6) is -0.0767. The van der Waals surface area contributed by atoms with Gasteiger partial charge in [-0.05, 0) is 27.7 Å². The first-order valence-electron chi connectivity index (χ1n) is 5.19. The summed E-state index contributed by atoms with van der Waals surface area (Å²) in [6.45, 7) is 7.34. The average Bonchev–Trinajstić information content (AvgIpc) is 2.14. The minimum Gasteiger partial charge on any atom is -0.378 e. The van der Waals surface area contributed by atoms with Crippen molar-refractivity contribution in [3.05, 3.63) is 0 Å². The van der Waals surface area contributed by atoms with E-state index >= 15 is 0 Å². The van der Waals surface area contributed by atoms with E-state index in [0.717, 1.165) is 0 Å². The number of hydrogen-bond donors (Lipinski definition) is 1. The lowest BCUT2D eigenvalue weighted by Gasteiger charge is -2.16. The quantitative estimate of drug-likeness (QED) is 0.725. The number of nitriles is 1. The molecule has 1 N–H and O–H groups in total. The lowest BCUT2D eigenvalue weighted by molar-refractivity contribution is 0.0911. The van der Waals surface area contributed by atoms with Gasteiger partial charge in [0.05, 0.1) is 29.9 Å². The number of sulfonamides is 1. The zero-order valence-corrected chi connectivity index (χ0v) is 11.1. The molecule has 0 unspecified atom stereocenters. The van der Waals surface area contributed by atoms with Crippen LogP contribution in [0.3, 0.4) is 0 Å². The Labute approximate surface area is 97.8 Å². The van der Waals surface area contributed by atoms with E-state index in [2.05, 4.69) is 4.72 Å². The Balaban J connectivity index is 4.03. The van der Waals surface area contributed by atoms with E-state index in [4.69, 9.17) is 10.00 Å². The molecule has 0 heterocycles. The predicted octanol–water partition coefficient (Wildman–Crippen LogP) is 0.881. The number of ether oxygens (including phenoxy) is 1. The summed E-state index contributed by atoms with van der Waals surface area (Å²) < 4.78 is 30.5. The highest BCUT2D eigenvalue weighted by Gasteiger charge is 2.20. The van der Waals surface area contributed by atoms with Crippen LogP contribution < -0.4 is 4.72 Å². The highest BCUT2D eigenvalue weighted by Crippen LogP contribution is 2.11. The van der Waals surface area contributed by atoms with E-state index in [9.17, 15) is 8.42 Å².